The average Bonchev–Trinajstić information content (AvgIpc) is 3.29. The highest BCUT2D eigenvalue weighted by Gasteiger charge is 2.40. The van der Waals surface area contributed by atoms with E-state index in [1.54, 1.807) is 11.8 Å². The monoisotopic (exact) mass is 500 g/mol. The van der Waals surface area contributed by atoms with Crippen LogP contribution < -0.4 is 0 Å². The first-order valence-corrected chi connectivity index (χ1v) is 13.1. The summed E-state index contributed by atoms with van der Waals surface area (Å²) in [7, 11) is 0. The van der Waals surface area contributed by atoms with Gasteiger partial charge in [-0.3, -0.25) is 0 Å². The fraction of sp³-hybridized carbons (Fsp3) is 0.138. The van der Waals surface area contributed by atoms with Crippen molar-refractivity contribution in [1.82, 2.24) is 4.90 Å². The van der Waals surface area contributed by atoms with E-state index in [0.717, 1.165) is 45.7 Å². The molecule has 5 heteroatoms. The number of rotatable bonds is 3. The van der Waals surface area contributed by atoms with Gasteiger partial charge in [0.15, 0.2) is 5.17 Å². The number of halogens is 2. The highest BCUT2D eigenvalue weighted by atomic mass is 35.5. The molecule has 1 aliphatic carbocycles. The van der Waals surface area contributed by atoms with Gasteiger partial charge in [-0.1, -0.05) is 89.6 Å². The number of fused-ring (bicyclic) bond motifs is 1. The Morgan fingerprint density at radius 1 is 0.853 bits per heavy atom. The van der Waals surface area contributed by atoms with Gasteiger partial charge in [0.05, 0.1) is 17.4 Å². The standard InChI is InChI=1S/C29H22Cl2N2S/c30-23-13-9-19(10-14-23)17-22-7-4-8-25-27(22)32-29-33(28(25)21-11-15-24(31)16-12-21)26(18-34-29)20-5-2-1-3-6-20/h1-3,5-6,9-18,28H,4,7-8H2/b22-17+/t28-/m0/s1. The predicted molar refractivity (Wildman–Crippen MR) is 146 cm³/mol. The number of aliphatic imine (C=N–C) groups is 1. The Labute approximate surface area is 214 Å². The van der Waals surface area contributed by atoms with Gasteiger partial charge >= 0.3 is 0 Å². The molecule has 0 aromatic heterocycles. The van der Waals surface area contributed by atoms with E-state index in [-0.39, 0.29) is 6.04 Å². The number of hydrogen-bond donors (Lipinski definition) is 0. The average molecular weight is 501 g/mol. The first kappa shape index (κ1) is 21.8. The number of hydrogen-bond acceptors (Lipinski definition) is 3. The molecule has 2 nitrogen and oxygen atoms in total. The Bertz CT molecular complexity index is 1350. The minimum atomic E-state index is 0.0927. The number of nitrogens with zero attached hydrogens (tertiary/aromatic N) is 2. The predicted octanol–water partition coefficient (Wildman–Crippen LogP) is 8.97. The highest BCUT2D eigenvalue weighted by molar-refractivity contribution is 8.16. The first-order valence-electron chi connectivity index (χ1n) is 11.4. The van der Waals surface area contributed by atoms with Crippen LogP contribution in [-0.4, -0.2) is 10.1 Å². The summed E-state index contributed by atoms with van der Waals surface area (Å²) in [5.41, 5.74) is 8.61. The van der Waals surface area contributed by atoms with E-state index in [4.69, 9.17) is 28.2 Å². The lowest BCUT2D eigenvalue weighted by atomic mass is 9.83. The second-order valence-electron chi connectivity index (χ2n) is 8.65. The maximum atomic E-state index is 6.27. The van der Waals surface area contributed by atoms with Crippen molar-refractivity contribution in [2.45, 2.75) is 25.3 Å². The van der Waals surface area contributed by atoms with Crippen LogP contribution in [0.1, 0.15) is 42.0 Å². The van der Waals surface area contributed by atoms with Crippen molar-refractivity contribution < 1.29 is 0 Å². The number of benzene rings is 3. The molecule has 0 fully saturated rings. The molecule has 0 N–H and O–H groups in total. The van der Waals surface area contributed by atoms with Crippen molar-refractivity contribution in [2.24, 2.45) is 4.99 Å². The normalized spacial score (nSPS) is 20.7. The van der Waals surface area contributed by atoms with Gasteiger partial charge in [0.2, 0.25) is 0 Å². The van der Waals surface area contributed by atoms with E-state index in [1.807, 2.05) is 24.3 Å². The van der Waals surface area contributed by atoms with Crippen molar-refractivity contribution in [1.29, 1.82) is 0 Å². The van der Waals surface area contributed by atoms with Crippen LogP contribution in [0.5, 0.6) is 0 Å². The number of allylic oxidation sites excluding steroid dienone is 1. The summed E-state index contributed by atoms with van der Waals surface area (Å²) in [6.45, 7) is 0. The molecule has 168 valence electrons. The van der Waals surface area contributed by atoms with E-state index in [1.165, 1.54) is 28.0 Å². The maximum Gasteiger partial charge on any atom is 0.174 e. The van der Waals surface area contributed by atoms with E-state index in [0.29, 0.717) is 0 Å². The summed E-state index contributed by atoms with van der Waals surface area (Å²) < 4.78 is 0. The van der Waals surface area contributed by atoms with Crippen LogP contribution >= 0.6 is 35.0 Å². The van der Waals surface area contributed by atoms with Crippen molar-refractivity contribution >= 4 is 51.9 Å². The second kappa shape index (κ2) is 9.14. The van der Waals surface area contributed by atoms with Crippen LogP contribution in [0.25, 0.3) is 11.8 Å². The van der Waals surface area contributed by atoms with Gasteiger partial charge in [-0.15, -0.1) is 0 Å². The molecule has 1 atom stereocenters. The van der Waals surface area contributed by atoms with E-state index in [2.05, 4.69) is 71.0 Å². The van der Waals surface area contributed by atoms with Gasteiger partial charge in [0, 0.05) is 15.5 Å². The fourth-order valence-corrected chi connectivity index (χ4v) is 6.12. The summed E-state index contributed by atoms with van der Waals surface area (Å²) >= 11 is 14.1. The molecule has 0 saturated carbocycles. The van der Waals surface area contributed by atoms with Crippen LogP contribution in [0.3, 0.4) is 0 Å². The SMILES string of the molecule is Clc1ccc(/C=C2\CCCC3=C2N=C2SC=C(c4ccccc4)N2[C@H]3c2ccc(Cl)cc2)cc1. The van der Waals surface area contributed by atoms with Crippen LogP contribution in [0.2, 0.25) is 10.0 Å². The number of thioether (sulfide) groups is 1. The summed E-state index contributed by atoms with van der Waals surface area (Å²) in [5.74, 6) is 0. The van der Waals surface area contributed by atoms with E-state index in [9.17, 15) is 0 Å². The van der Waals surface area contributed by atoms with Crippen LogP contribution in [0.15, 0.2) is 106 Å². The molecule has 0 unspecified atom stereocenters. The maximum absolute atomic E-state index is 6.27. The zero-order valence-corrected chi connectivity index (χ0v) is 20.7. The van der Waals surface area contributed by atoms with Crippen molar-refractivity contribution in [3.8, 4) is 0 Å². The Balaban J connectivity index is 1.49. The number of amidine groups is 1. The summed E-state index contributed by atoms with van der Waals surface area (Å²) in [6.07, 6.45) is 5.43. The summed E-state index contributed by atoms with van der Waals surface area (Å²) in [6, 6.07) is 27.0. The molecule has 6 rings (SSSR count). The molecule has 2 heterocycles. The lowest BCUT2D eigenvalue weighted by molar-refractivity contribution is 0.458. The minimum Gasteiger partial charge on any atom is -0.308 e. The summed E-state index contributed by atoms with van der Waals surface area (Å²) in [4.78, 5) is 7.65. The third kappa shape index (κ3) is 4.02. The van der Waals surface area contributed by atoms with Crippen LogP contribution in [0, 0.1) is 0 Å². The van der Waals surface area contributed by atoms with Gasteiger partial charge in [-0.05, 0) is 77.4 Å². The lowest BCUT2D eigenvalue weighted by Crippen LogP contribution is -2.34. The van der Waals surface area contributed by atoms with Crippen molar-refractivity contribution in [3.63, 3.8) is 0 Å². The molecule has 34 heavy (non-hydrogen) atoms. The Morgan fingerprint density at radius 3 is 2.29 bits per heavy atom. The minimum absolute atomic E-state index is 0.0927. The molecule has 0 saturated heterocycles. The summed E-state index contributed by atoms with van der Waals surface area (Å²) in [5, 5.41) is 4.77. The molecule has 2 aliphatic heterocycles. The Kier molecular flexibility index (Phi) is 5.86. The van der Waals surface area contributed by atoms with E-state index < -0.39 is 0 Å². The molecule has 0 amide bonds. The van der Waals surface area contributed by atoms with Crippen LogP contribution in [0.4, 0.5) is 0 Å². The highest BCUT2D eigenvalue weighted by Crippen LogP contribution is 2.51. The van der Waals surface area contributed by atoms with Gasteiger partial charge in [0.25, 0.3) is 0 Å². The molecular formula is C29H22Cl2N2S. The first-order chi connectivity index (χ1) is 16.7. The molecule has 0 radical (unpaired) electrons. The van der Waals surface area contributed by atoms with Crippen molar-refractivity contribution in [2.75, 3.05) is 0 Å². The second-order valence-corrected chi connectivity index (χ2v) is 10.4. The van der Waals surface area contributed by atoms with Gasteiger partial charge in [-0.25, -0.2) is 4.99 Å². The molecule has 3 aliphatic rings. The Morgan fingerprint density at radius 2 is 1.56 bits per heavy atom. The molecule has 3 aromatic rings. The zero-order valence-electron chi connectivity index (χ0n) is 18.4. The Hall–Kier alpha value is -2.72. The lowest BCUT2D eigenvalue weighted by Gasteiger charge is -2.40. The molecular weight excluding hydrogens is 479 g/mol. The van der Waals surface area contributed by atoms with Gasteiger partial charge in [-0.2, -0.15) is 0 Å². The van der Waals surface area contributed by atoms with E-state index >= 15 is 0 Å². The molecule has 0 bridgehead atoms. The quantitative estimate of drug-likeness (QED) is 0.356. The molecule has 0 spiro atoms. The third-order valence-electron chi connectivity index (χ3n) is 6.50. The topological polar surface area (TPSA) is 15.6 Å². The van der Waals surface area contributed by atoms with Crippen LogP contribution in [-0.2, 0) is 0 Å². The fourth-order valence-electron chi connectivity index (χ4n) is 4.94. The smallest absolute Gasteiger partial charge is 0.174 e. The molecule has 3 aromatic carbocycles. The van der Waals surface area contributed by atoms with Crippen molar-refractivity contribution in [3.05, 3.63) is 128 Å². The van der Waals surface area contributed by atoms with Gasteiger partial charge < -0.3 is 4.90 Å². The largest absolute Gasteiger partial charge is 0.308 e. The van der Waals surface area contributed by atoms with Gasteiger partial charge in [0.1, 0.15) is 0 Å². The zero-order chi connectivity index (χ0) is 23.1. The third-order valence-corrected chi connectivity index (χ3v) is 7.85.